The predicted octanol–water partition coefficient (Wildman–Crippen LogP) is 6.40. The Morgan fingerprint density at radius 3 is 1.40 bits per heavy atom. The highest BCUT2D eigenvalue weighted by atomic mass is 28.3. The van der Waals surface area contributed by atoms with Gasteiger partial charge >= 0.3 is 0 Å². The summed E-state index contributed by atoms with van der Waals surface area (Å²) in [6.45, 7) is 0.134. The fraction of sp³-hybridized carbons (Fsp3) is 0. The molecule has 4 heteroatoms. The monoisotopic (exact) mass is 674 g/mol. The molecular weight excluding hydrogens is 643 g/mol. The highest BCUT2D eigenvalue weighted by Gasteiger charge is 2.45. The highest BCUT2D eigenvalue weighted by molar-refractivity contribution is 7.20. The van der Waals surface area contributed by atoms with Crippen molar-refractivity contribution >= 4 is 95.5 Å². The molecular formula is C48H31BN2Si. The Bertz CT molecular complexity index is 2970. The number of hydrogen-bond donors (Lipinski definition) is 0. The minimum atomic E-state index is -2.86. The number of aromatic nitrogens is 2. The maximum absolute atomic E-state index is 2.86. The summed E-state index contributed by atoms with van der Waals surface area (Å²) in [6.07, 6.45) is 0. The van der Waals surface area contributed by atoms with E-state index in [4.69, 9.17) is 0 Å². The lowest BCUT2D eigenvalue weighted by Crippen LogP contribution is -2.75. The Labute approximate surface area is 302 Å². The molecule has 2 nitrogen and oxygen atoms in total. The fourth-order valence-electron chi connectivity index (χ4n) is 10.2. The molecule has 0 amide bonds. The third kappa shape index (κ3) is 3.41. The predicted molar refractivity (Wildman–Crippen MR) is 223 cm³/mol. The Balaban J connectivity index is 1.29. The van der Waals surface area contributed by atoms with Gasteiger partial charge in [-0.2, -0.15) is 0 Å². The van der Waals surface area contributed by atoms with Crippen LogP contribution in [0.4, 0.5) is 0 Å². The fourth-order valence-corrected chi connectivity index (χ4v) is 15.1. The Kier molecular flexibility index (Phi) is 5.64. The average molecular weight is 675 g/mol. The standard InChI is InChI=1S/C48H31BN2Si/c1-4-16-32(17-5-1)52(33-18-6-2-7-19-33,34-20-8-3-9-21-34)44-31-14-25-38-37-24-13-27-40-47(37)51(48(38)44)43-30-15-29-42-45(43)49(40)39-26-12-23-36-35-22-10-11-28-41(35)50(42)46(36)39/h1-31H. The first-order valence-corrected chi connectivity index (χ1v) is 20.2. The van der Waals surface area contributed by atoms with Crippen LogP contribution < -0.4 is 37.1 Å². The van der Waals surface area contributed by atoms with Gasteiger partial charge in [0, 0.05) is 44.0 Å². The molecule has 0 fully saturated rings. The van der Waals surface area contributed by atoms with E-state index in [9.17, 15) is 0 Å². The molecule has 0 N–H and O–H groups in total. The van der Waals surface area contributed by atoms with Crippen molar-refractivity contribution in [3.05, 3.63) is 188 Å². The van der Waals surface area contributed by atoms with Crippen molar-refractivity contribution in [2.24, 2.45) is 0 Å². The van der Waals surface area contributed by atoms with Gasteiger partial charge in [0.05, 0.1) is 11.0 Å². The van der Waals surface area contributed by atoms with Gasteiger partial charge in [-0.05, 0) is 55.3 Å². The van der Waals surface area contributed by atoms with Crippen molar-refractivity contribution in [1.29, 1.82) is 0 Å². The second kappa shape index (κ2) is 10.3. The summed E-state index contributed by atoms with van der Waals surface area (Å²) in [4.78, 5) is 0. The van der Waals surface area contributed by atoms with E-state index < -0.39 is 8.07 Å². The molecule has 2 aliphatic rings. The van der Waals surface area contributed by atoms with Crippen LogP contribution in [0.1, 0.15) is 0 Å². The first kappa shape index (κ1) is 28.4. The second-order valence-electron chi connectivity index (χ2n) is 14.4. The molecule has 0 atom stereocenters. The molecule has 0 saturated carbocycles. The minimum absolute atomic E-state index is 0.134. The quantitative estimate of drug-likeness (QED) is 0.151. The van der Waals surface area contributed by atoms with Gasteiger partial charge in [0.2, 0.25) is 0 Å². The van der Waals surface area contributed by atoms with E-state index in [2.05, 4.69) is 197 Å². The van der Waals surface area contributed by atoms with Crippen LogP contribution in [0.3, 0.4) is 0 Å². The summed E-state index contributed by atoms with van der Waals surface area (Å²) < 4.78 is 5.21. The van der Waals surface area contributed by atoms with Crippen molar-refractivity contribution in [3.63, 3.8) is 0 Å². The van der Waals surface area contributed by atoms with Gasteiger partial charge in [-0.1, -0.05) is 170 Å². The molecule has 2 aliphatic heterocycles. The normalized spacial score (nSPS) is 13.0. The minimum Gasteiger partial charge on any atom is -0.310 e. The average Bonchev–Trinajstić information content (AvgIpc) is 3.75. The van der Waals surface area contributed by atoms with E-state index in [1.807, 2.05) is 0 Å². The van der Waals surface area contributed by atoms with Crippen LogP contribution >= 0.6 is 0 Å². The smallest absolute Gasteiger partial charge is 0.252 e. The van der Waals surface area contributed by atoms with Gasteiger partial charge in [0.1, 0.15) is 0 Å². The summed E-state index contributed by atoms with van der Waals surface area (Å²) in [5.41, 5.74) is 12.0. The first-order chi connectivity index (χ1) is 25.9. The summed E-state index contributed by atoms with van der Waals surface area (Å²) in [6, 6.07) is 71.0. The maximum atomic E-state index is 2.66. The van der Waals surface area contributed by atoms with Crippen LogP contribution in [0.5, 0.6) is 0 Å². The zero-order valence-corrected chi connectivity index (χ0v) is 29.4. The molecule has 8 aromatic carbocycles. The molecule has 2 aromatic heterocycles. The SMILES string of the molecule is c1ccc([Si](c2ccccc2)(c2ccccc2)c2cccc3c4cccc5c4n(c23)-c2cccc3c2B5c2cccc4c5ccccc5n-3c24)cc1. The van der Waals surface area contributed by atoms with Gasteiger partial charge in [-0.3, -0.25) is 0 Å². The molecule has 0 radical (unpaired) electrons. The zero-order chi connectivity index (χ0) is 34.0. The van der Waals surface area contributed by atoms with E-state index in [1.54, 1.807) is 0 Å². The Morgan fingerprint density at radius 1 is 0.346 bits per heavy atom. The Morgan fingerprint density at radius 2 is 0.788 bits per heavy atom. The van der Waals surface area contributed by atoms with E-state index in [0.717, 1.165) is 0 Å². The molecule has 0 unspecified atom stereocenters. The number of rotatable bonds is 4. The molecule has 4 heterocycles. The summed E-state index contributed by atoms with van der Waals surface area (Å²) in [5, 5.41) is 10.8. The molecule has 12 rings (SSSR count). The topological polar surface area (TPSA) is 9.86 Å². The maximum Gasteiger partial charge on any atom is 0.252 e. The lowest BCUT2D eigenvalue weighted by Gasteiger charge is -2.36. The van der Waals surface area contributed by atoms with Gasteiger partial charge in [0.25, 0.3) is 6.71 Å². The molecule has 0 aliphatic carbocycles. The number of fused-ring (bicyclic) bond motifs is 10. The van der Waals surface area contributed by atoms with Gasteiger partial charge in [0.15, 0.2) is 8.07 Å². The first-order valence-electron chi connectivity index (χ1n) is 18.2. The van der Waals surface area contributed by atoms with Crippen molar-refractivity contribution < 1.29 is 0 Å². The summed E-state index contributed by atoms with van der Waals surface area (Å²) in [7, 11) is -2.86. The van der Waals surface area contributed by atoms with Crippen LogP contribution in [0.25, 0.3) is 55.0 Å². The second-order valence-corrected chi connectivity index (χ2v) is 18.1. The van der Waals surface area contributed by atoms with Crippen molar-refractivity contribution in [2.75, 3.05) is 0 Å². The van der Waals surface area contributed by atoms with E-state index in [-0.39, 0.29) is 6.71 Å². The number of para-hydroxylation sites is 4. The highest BCUT2D eigenvalue weighted by Crippen LogP contribution is 2.38. The van der Waals surface area contributed by atoms with Gasteiger partial charge < -0.3 is 9.13 Å². The molecule has 0 bridgehead atoms. The van der Waals surface area contributed by atoms with Crippen LogP contribution in [0.15, 0.2) is 188 Å². The van der Waals surface area contributed by atoms with Crippen LogP contribution in [0, 0.1) is 0 Å². The van der Waals surface area contributed by atoms with Crippen LogP contribution in [0.2, 0.25) is 0 Å². The van der Waals surface area contributed by atoms with Crippen molar-refractivity contribution in [1.82, 2.24) is 9.13 Å². The van der Waals surface area contributed by atoms with Crippen LogP contribution in [-0.2, 0) is 0 Å². The van der Waals surface area contributed by atoms with E-state index >= 15 is 0 Å². The number of nitrogens with zero attached hydrogens (tertiary/aromatic N) is 2. The van der Waals surface area contributed by atoms with Crippen molar-refractivity contribution in [2.45, 2.75) is 0 Å². The number of benzene rings is 8. The Hall–Kier alpha value is -6.36. The van der Waals surface area contributed by atoms with Crippen molar-refractivity contribution in [3.8, 4) is 11.4 Å². The molecule has 0 saturated heterocycles. The van der Waals surface area contributed by atoms with Crippen LogP contribution in [-0.4, -0.2) is 23.9 Å². The lowest BCUT2D eigenvalue weighted by atomic mass is 9.34. The largest absolute Gasteiger partial charge is 0.310 e. The van der Waals surface area contributed by atoms with Gasteiger partial charge in [-0.15, -0.1) is 0 Å². The van der Waals surface area contributed by atoms with E-state index in [1.165, 1.54) is 92.1 Å². The third-order valence-electron chi connectivity index (χ3n) is 12.0. The number of hydrogen-bond acceptors (Lipinski definition) is 0. The lowest BCUT2D eigenvalue weighted by molar-refractivity contribution is 1.14. The molecule has 52 heavy (non-hydrogen) atoms. The summed E-state index contributed by atoms with van der Waals surface area (Å²) in [5.74, 6) is 0. The molecule has 10 aromatic rings. The molecule has 240 valence electrons. The van der Waals surface area contributed by atoms with E-state index in [0.29, 0.717) is 0 Å². The molecule has 0 spiro atoms. The summed E-state index contributed by atoms with van der Waals surface area (Å²) >= 11 is 0. The van der Waals surface area contributed by atoms with Gasteiger partial charge in [-0.25, -0.2) is 0 Å². The zero-order valence-electron chi connectivity index (χ0n) is 28.4. The third-order valence-corrected chi connectivity index (χ3v) is 16.9.